The molecule has 0 unspecified atom stereocenters. The molecule has 6 rings (SSSR count). The van der Waals surface area contributed by atoms with Crippen LogP contribution in [0.15, 0.2) is 164 Å². The number of benzene rings is 6. The summed E-state index contributed by atoms with van der Waals surface area (Å²) in [6.45, 7) is 2.13. The third kappa shape index (κ3) is 6.08. The second kappa shape index (κ2) is 12.4. The molecule has 194 valence electrons. The van der Waals surface area contributed by atoms with Crippen molar-refractivity contribution in [3.63, 3.8) is 0 Å². The van der Waals surface area contributed by atoms with Crippen molar-refractivity contribution >= 4 is 42.6 Å². The first kappa shape index (κ1) is 26.2. The molecule has 6 aromatic rings. The third-order valence-electron chi connectivity index (χ3n) is 6.74. The zero-order valence-electron chi connectivity index (χ0n) is 22.4. The van der Waals surface area contributed by atoms with E-state index in [1.807, 2.05) is 0 Å². The van der Waals surface area contributed by atoms with Crippen LogP contribution in [0.4, 0.5) is 0 Å². The van der Waals surface area contributed by atoms with Crippen molar-refractivity contribution in [2.24, 2.45) is 0 Å². The van der Waals surface area contributed by atoms with Crippen molar-refractivity contribution in [2.45, 2.75) is 6.92 Å². The molecule has 0 aliphatic heterocycles. The molecule has 0 aliphatic rings. The summed E-state index contributed by atoms with van der Waals surface area (Å²) in [4.78, 5) is 0. The van der Waals surface area contributed by atoms with Gasteiger partial charge in [0.1, 0.15) is 5.75 Å². The molecule has 0 saturated carbocycles. The molecule has 6 aromatic carbocycles. The Bertz CT molecular complexity index is 1570. The molecule has 40 heavy (non-hydrogen) atoms. The molecule has 0 spiro atoms. The maximum absolute atomic E-state index is 7.01. The molecule has 0 amide bonds. The van der Waals surface area contributed by atoms with E-state index >= 15 is 0 Å². The average Bonchev–Trinajstić information content (AvgIpc) is 3.02. The Morgan fingerprint density at radius 3 is 1.32 bits per heavy atom. The van der Waals surface area contributed by atoms with Gasteiger partial charge in [0.15, 0.2) is 8.15 Å². The molecule has 0 radical (unpaired) electrons. The second-order valence-corrected chi connectivity index (χ2v) is 13.7. The summed E-state index contributed by atoms with van der Waals surface area (Å²) < 4.78 is 7.01. The minimum Gasteiger partial charge on any atom is -0.464 e. The zero-order chi connectivity index (χ0) is 27.1. The fourth-order valence-electron chi connectivity index (χ4n) is 4.77. The van der Waals surface area contributed by atoms with Crippen LogP contribution in [0.2, 0.25) is 0 Å². The quantitative estimate of drug-likeness (QED) is 0.175. The lowest BCUT2D eigenvalue weighted by atomic mass is 10.0. The minimum atomic E-state index is -1.05. The summed E-state index contributed by atoms with van der Waals surface area (Å²) in [7, 11) is -1.83. The standard InChI is InChI=1S/C37H30OP2/c1-29-22-24-30(25-23-29)31-26-32(38-40(35-18-10-4-11-19-35)36-20-12-5-13-21-36)28-37(27-31)39(33-14-6-2-7-15-33)34-16-8-3-9-17-34/h2-28H,1H3. The lowest BCUT2D eigenvalue weighted by Gasteiger charge is -2.24. The van der Waals surface area contributed by atoms with Crippen LogP contribution >= 0.6 is 16.1 Å². The van der Waals surface area contributed by atoms with Gasteiger partial charge in [-0.3, -0.25) is 0 Å². The van der Waals surface area contributed by atoms with E-state index in [9.17, 15) is 0 Å². The molecule has 0 atom stereocenters. The summed E-state index contributed by atoms with van der Waals surface area (Å²) in [5.74, 6) is 0.895. The van der Waals surface area contributed by atoms with Crippen molar-refractivity contribution < 1.29 is 4.52 Å². The normalized spacial score (nSPS) is 11.1. The van der Waals surface area contributed by atoms with Crippen LogP contribution in [0.3, 0.4) is 0 Å². The van der Waals surface area contributed by atoms with E-state index in [2.05, 4.69) is 171 Å². The Kier molecular flexibility index (Phi) is 8.15. The summed E-state index contributed by atoms with van der Waals surface area (Å²) in [6, 6.07) is 58.5. The Balaban J connectivity index is 1.52. The van der Waals surface area contributed by atoms with Gasteiger partial charge >= 0.3 is 0 Å². The summed E-state index contributed by atoms with van der Waals surface area (Å²) in [5, 5.41) is 6.31. The Labute approximate surface area is 239 Å². The highest BCUT2D eigenvalue weighted by molar-refractivity contribution is 7.79. The number of aryl methyl sites for hydroxylation is 1. The van der Waals surface area contributed by atoms with E-state index in [1.54, 1.807) is 0 Å². The highest BCUT2D eigenvalue weighted by Crippen LogP contribution is 2.41. The number of rotatable bonds is 8. The van der Waals surface area contributed by atoms with Gasteiger partial charge in [0.05, 0.1) is 0 Å². The van der Waals surface area contributed by atoms with Gasteiger partial charge in [0.25, 0.3) is 0 Å². The molecule has 0 fully saturated rings. The fraction of sp³-hybridized carbons (Fsp3) is 0.0270. The molecule has 1 nitrogen and oxygen atoms in total. The zero-order valence-corrected chi connectivity index (χ0v) is 24.2. The van der Waals surface area contributed by atoms with Gasteiger partial charge < -0.3 is 4.52 Å². The third-order valence-corrected chi connectivity index (χ3v) is 11.1. The van der Waals surface area contributed by atoms with Crippen molar-refractivity contribution in [1.29, 1.82) is 0 Å². The topological polar surface area (TPSA) is 9.23 Å². The fourth-order valence-corrected chi connectivity index (χ4v) is 8.84. The molecule has 3 heteroatoms. The summed E-state index contributed by atoms with van der Waals surface area (Å²) >= 11 is 0. The lowest BCUT2D eigenvalue weighted by Crippen LogP contribution is -2.21. The van der Waals surface area contributed by atoms with Crippen molar-refractivity contribution in [3.8, 4) is 16.9 Å². The van der Waals surface area contributed by atoms with Crippen molar-refractivity contribution in [1.82, 2.24) is 0 Å². The first-order valence-corrected chi connectivity index (χ1v) is 16.1. The molecule has 0 heterocycles. The summed E-state index contributed by atoms with van der Waals surface area (Å²) in [6.07, 6.45) is 0. The van der Waals surface area contributed by atoms with Gasteiger partial charge in [-0.1, -0.05) is 151 Å². The van der Waals surface area contributed by atoms with Gasteiger partial charge in [-0.05, 0) is 60.1 Å². The van der Waals surface area contributed by atoms with Crippen LogP contribution in [-0.2, 0) is 0 Å². The van der Waals surface area contributed by atoms with Gasteiger partial charge in [-0.2, -0.15) is 0 Å². The summed E-state index contributed by atoms with van der Waals surface area (Å²) in [5.41, 5.74) is 3.61. The lowest BCUT2D eigenvalue weighted by molar-refractivity contribution is 0.631. The van der Waals surface area contributed by atoms with Crippen LogP contribution in [-0.4, -0.2) is 0 Å². The molecule has 0 bridgehead atoms. The van der Waals surface area contributed by atoms with E-state index in [1.165, 1.54) is 43.2 Å². The van der Waals surface area contributed by atoms with Crippen LogP contribution in [0.1, 0.15) is 5.56 Å². The molecule has 0 N–H and O–H groups in total. The van der Waals surface area contributed by atoms with E-state index in [4.69, 9.17) is 4.52 Å². The van der Waals surface area contributed by atoms with Crippen LogP contribution < -0.4 is 31.0 Å². The molecule has 0 saturated heterocycles. The first-order valence-electron chi connectivity index (χ1n) is 13.5. The van der Waals surface area contributed by atoms with Crippen molar-refractivity contribution in [3.05, 3.63) is 169 Å². The predicted molar refractivity (Wildman–Crippen MR) is 175 cm³/mol. The molecular formula is C37H30OP2. The Hall–Kier alpha value is -4.02. The van der Waals surface area contributed by atoms with E-state index < -0.39 is 16.1 Å². The van der Waals surface area contributed by atoms with Crippen LogP contribution in [0, 0.1) is 6.92 Å². The van der Waals surface area contributed by atoms with Gasteiger partial charge in [-0.25, -0.2) is 0 Å². The highest BCUT2D eigenvalue weighted by Gasteiger charge is 2.21. The average molecular weight is 553 g/mol. The maximum Gasteiger partial charge on any atom is 0.150 e. The highest BCUT2D eigenvalue weighted by atomic mass is 31.1. The first-order chi connectivity index (χ1) is 19.7. The Morgan fingerprint density at radius 2 is 0.850 bits per heavy atom. The SMILES string of the molecule is Cc1ccc(-c2cc(OP(c3ccccc3)c3ccccc3)cc(P(c3ccccc3)c3ccccc3)c2)cc1. The molecule has 0 aromatic heterocycles. The van der Waals surface area contributed by atoms with Gasteiger partial charge in [0, 0.05) is 10.6 Å². The predicted octanol–water partition coefficient (Wildman–Crippen LogP) is 7.85. The maximum atomic E-state index is 7.01. The molecular weight excluding hydrogens is 522 g/mol. The van der Waals surface area contributed by atoms with Crippen LogP contribution in [0.5, 0.6) is 5.75 Å². The van der Waals surface area contributed by atoms with Crippen molar-refractivity contribution in [2.75, 3.05) is 0 Å². The second-order valence-electron chi connectivity index (χ2n) is 9.64. The largest absolute Gasteiger partial charge is 0.464 e. The monoisotopic (exact) mass is 552 g/mol. The molecule has 0 aliphatic carbocycles. The Morgan fingerprint density at radius 1 is 0.400 bits per heavy atom. The van der Waals surface area contributed by atoms with E-state index in [0.717, 1.165) is 5.75 Å². The van der Waals surface area contributed by atoms with Gasteiger partial charge in [0.2, 0.25) is 0 Å². The van der Waals surface area contributed by atoms with Crippen LogP contribution in [0.25, 0.3) is 11.1 Å². The van der Waals surface area contributed by atoms with Gasteiger partial charge in [-0.15, -0.1) is 0 Å². The smallest absolute Gasteiger partial charge is 0.150 e. The van der Waals surface area contributed by atoms with E-state index in [-0.39, 0.29) is 0 Å². The minimum absolute atomic E-state index is 0.781. The number of hydrogen-bond donors (Lipinski definition) is 0. The van der Waals surface area contributed by atoms with E-state index in [0.29, 0.717) is 0 Å². The number of hydrogen-bond acceptors (Lipinski definition) is 1.